The number of fused-ring (bicyclic) bond motifs is 1. The second kappa shape index (κ2) is 7.59. The summed E-state index contributed by atoms with van der Waals surface area (Å²) < 4.78 is 5.62. The minimum Gasteiger partial charge on any atom is -0.411 e. The number of thioether (sulfide) groups is 1. The number of carbonyl (C=O) groups excluding carboxylic acids is 1. The first-order chi connectivity index (χ1) is 13.2. The van der Waals surface area contributed by atoms with Gasteiger partial charge in [0.05, 0.1) is 10.8 Å². The molecule has 2 heterocycles. The molecule has 0 bridgehead atoms. The summed E-state index contributed by atoms with van der Waals surface area (Å²) >= 11 is 1.22. The van der Waals surface area contributed by atoms with Crippen LogP contribution in [0.1, 0.15) is 6.92 Å². The van der Waals surface area contributed by atoms with Gasteiger partial charge in [-0.1, -0.05) is 42.1 Å². The highest BCUT2D eigenvalue weighted by Gasteiger charge is 2.19. The molecule has 0 saturated carbocycles. The van der Waals surface area contributed by atoms with Crippen LogP contribution in [0, 0.1) is 0 Å². The fourth-order valence-electron chi connectivity index (χ4n) is 2.58. The van der Waals surface area contributed by atoms with Gasteiger partial charge < -0.3 is 9.73 Å². The zero-order valence-electron chi connectivity index (χ0n) is 14.5. The van der Waals surface area contributed by atoms with Crippen molar-refractivity contribution in [1.29, 1.82) is 0 Å². The fourth-order valence-corrected chi connectivity index (χ4v) is 3.26. The molecule has 0 aliphatic carbocycles. The number of nitrogens with one attached hydrogen (secondary N) is 1. The van der Waals surface area contributed by atoms with Crippen LogP contribution in [0.2, 0.25) is 0 Å². The van der Waals surface area contributed by atoms with Crippen LogP contribution in [-0.4, -0.2) is 26.3 Å². The Labute approximate surface area is 160 Å². The Morgan fingerprint density at radius 1 is 1.07 bits per heavy atom. The smallest absolute Gasteiger partial charge is 0.277 e. The van der Waals surface area contributed by atoms with Crippen molar-refractivity contribution in [3.8, 4) is 11.5 Å². The third-order valence-corrected chi connectivity index (χ3v) is 4.91. The second-order valence-corrected chi connectivity index (χ2v) is 7.22. The van der Waals surface area contributed by atoms with Crippen LogP contribution in [-0.2, 0) is 4.79 Å². The lowest BCUT2D eigenvalue weighted by molar-refractivity contribution is -0.115. The monoisotopic (exact) mass is 376 g/mol. The van der Waals surface area contributed by atoms with Gasteiger partial charge in [-0.3, -0.25) is 9.78 Å². The van der Waals surface area contributed by atoms with E-state index >= 15 is 0 Å². The molecule has 4 aromatic rings. The van der Waals surface area contributed by atoms with Gasteiger partial charge in [0.1, 0.15) is 0 Å². The van der Waals surface area contributed by atoms with E-state index in [9.17, 15) is 4.79 Å². The van der Waals surface area contributed by atoms with Gasteiger partial charge in [0.25, 0.3) is 5.22 Å². The molecule has 1 N–H and O–H groups in total. The molecule has 0 radical (unpaired) electrons. The molecule has 0 aliphatic heterocycles. The lowest BCUT2D eigenvalue weighted by Gasteiger charge is -2.10. The lowest BCUT2D eigenvalue weighted by Crippen LogP contribution is -2.22. The van der Waals surface area contributed by atoms with Crippen LogP contribution < -0.4 is 5.32 Å². The number of rotatable bonds is 5. The quantitative estimate of drug-likeness (QED) is 0.520. The molecule has 0 unspecified atom stereocenters. The fraction of sp³-hybridized carbons (Fsp3) is 0.100. The van der Waals surface area contributed by atoms with E-state index in [2.05, 4.69) is 20.5 Å². The van der Waals surface area contributed by atoms with Crippen molar-refractivity contribution < 1.29 is 9.21 Å². The Hall–Kier alpha value is -3.19. The maximum Gasteiger partial charge on any atom is 0.277 e. The van der Waals surface area contributed by atoms with E-state index in [1.807, 2.05) is 48.5 Å². The zero-order valence-corrected chi connectivity index (χ0v) is 15.3. The van der Waals surface area contributed by atoms with Gasteiger partial charge in [-0.15, -0.1) is 10.2 Å². The molecule has 2 aromatic heterocycles. The predicted molar refractivity (Wildman–Crippen MR) is 105 cm³/mol. The Morgan fingerprint density at radius 2 is 1.93 bits per heavy atom. The van der Waals surface area contributed by atoms with Gasteiger partial charge in [-0.25, -0.2) is 0 Å². The maximum atomic E-state index is 12.5. The van der Waals surface area contributed by atoms with Crippen LogP contribution in [0.15, 0.2) is 76.6 Å². The normalized spacial score (nSPS) is 12.0. The second-order valence-electron chi connectivity index (χ2n) is 5.93. The summed E-state index contributed by atoms with van der Waals surface area (Å²) in [5, 5.41) is 13.1. The number of pyridine rings is 1. The predicted octanol–water partition coefficient (Wildman–Crippen LogP) is 4.40. The third kappa shape index (κ3) is 3.98. The summed E-state index contributed by atoms with van der Waals surface area (Å²) in [6.45, 7) is 1.80. The average molecular weight is 376 g/mol. The minimum atomic E-state index is -0.390. The number of aromatic nitrogens is 3. The van der Waals surface area contributed by atoms with Crippen LogP contribution in [0.5, 0.6) is 0 Å². The molecule has 4 rings (SSSR count). The summed E-state index contributed by atoms with van der Waals surface area (Å²) in [7, 11) is 0. The van der Waals surface area contributed by atoms with Gasteiger partial charge in [0, 0.05) is 18.1 Å². The molecule has 27 heavy (non-hydrogen) atoms. The Balaban J connectivity index is 1.42. The molecule has 7 heteroatoms. The molecule has 0 aliphatic rings. The standard InChI is InChI=1S/C20H16N4O2S/c1-13(27-20-24-23-19(26-20)16-7-4-10-21-12-16)18(25)22-17-9-8-14-5-2-3-6-15(14)11-17/h2-13H,1H3,(H,22,25)/t13-/m1/s1. The van der Waals surface area contributed by atoms with Crippen LogP contribution in [0.25, 0.3) is 22.2 Å². The van der Waals surface area contributed by atoms with Crippen molar-refractivity contribution in [1.82, 2.24) is 15.2 Å². The van der Waals surface area contributed by atoms with Gasteiger partial charge in [0.15, 0.2) is 0 Å². The van der Waals surface area contributed by atoms with Crippen molar-refractivity contribution in [3.63, 3.8) is 0 Å². The van der Waals surface area contributed by atoms with E-state index in [0.717, 1.165) is 22.0 Å². The highest BCUT2D eigenvalue weighted by molar-refractivity contribution is 8.00. The average Bonchev–Trinajstić information content (AvgIpc) is 3.17. The minimum absolute atomic E-state index is 0.128. The van der Waals surface area contributed by atoms with Gasteiger partial charge in [-0.2, -0.15) is 0 Å². The molecule has 2 aromatic carbocycles. The van der Waals surface area contributed by atoms with Crippen molar-refractivity contribution >= 4 is 34.1 Å². The summed E-state index contributed by atoms with van der Waals surface area (Å²) in [6, 6.07) is 17.5. The van der Waals surface area contributed by atoms with E-state index in [1.54, 1.807) is 25.4 Å². The topological polar surface area (TPSA) is 80.9 Å². The highest BCUT2D eigenvalue weighted by Crippen LogP contribution is 2.27. The molecule has 0 saturated heterocycles. The Kier molecular flexibility index (Phi) is 4.84. The Bertz CT molecular complexity index is 1080. The lowest BCUT2D eigenvalue weighted by atomic mass is 10.1. The number of carbonyl (C=O) groups is 1. The van der Waals surface area contributed by atoms with E-state index in [0.29, 0.717) is 11.1 Å². The molecule has 1 amide bonds. The SMILES string of the molecule is C[C@@H](Sc1nnc(-c2cccnc2)o1)C(=O)Nc1ccc2ccccc2c1. The number of hydrogen-bond donors (Lipinski definition) is 1. The molecule has 0 fully saturated rings. The van der Waals surface area contributed by atoms with E-state index < -0.39 is 5.25 Å². The first kappa shape index (κ1) is 17.2. The van der Waals surface area contributed by atoms with E-state index in [1.165, 1.54) is 11.8 Å². The molecule has 1 atom stereocenters. The number of nitrogens with zero attached hydrogens (tertiary/aromatic N) is 3. The van der Waals surface area contributed by atoms with E-state index in [4.69, 9.17) is 4.42 Å². The molecular weight excluding hydrogens is 360 g/mol. The van der Waals surface area contributed by atoms with Crippen molar-refractivity contribution in [2.45, 2.75) is 17.4 Å². The summed E-state index contributed by atoms with van der Waals surface area (Å²) in [6.07, 6.45) is 3.33. The number of anilines is 1. The zero-order chi connectivity index (χ0) is 18.6. The largest absolute Gasteiger partial charge is 0.411 e. The van der Waals surface area contributed by atoms with Crippen LogP contribution >= 0.6 is 11.8 Å². The summed E-state index contributed by atoms with van der Waals surface area (Å²) in [5.74, 6) is 0.254. The molecule has 134 valence electrons. The van der Waals surface area contributed by atoms with Gasteiger partial charge >= 0.3 is 0 Å². The van der Waals surface area contributed by atoms with Crippen molar-refractivity contribution in [2.24, 2.45) is 0 Å². The van der Waals surface area contributed by atoms with Gasteiger partial charge in [0.2, 0.25) is 11.8 Å². The third-order valence-electron chi connectivity index (χ3n) is 3.98. The number of hydrogen-bond acceptors (Lipinski definition) is 6. The summed E-state index contributed by atoms with van der Waals surface area (Å²) in [4.78, 5) is 16.5. The first-order valence-corrected chi connectivity index (χ1v) is 9.27. The molecule has 6 nitrogen and oxygen atoms in total. The maximum absolute atomic E-state index is 12.5. The Morgan fingerprint density at radius 3 is 2.74 bits per heavy atom. The van der Waals surface area contributed by atoms with Gasteiger partial charge in [-0.05, 0) is 42.0 Å². The molecule has 0 spiro atoms. The molecular formula is C20H16N4O2S. The number of benzene rings is 2. The van der Waals surface area contributed by atoms with Crippen LogP contribution in [0.3, 0.4) is 0 Å². The first-order valence-electron chi connectivity index (χ1n) is 8.39. The summed E-state index contributed by atoms with van der Waals surface area (Å²) in [5.41, 5.74) is 1.50. The van der Waals surface area contributed by atoms with Crippen LogP contribution in [0.4, 0.5) is 5.69 Å². The number of amides is 1. The van der Waals surface area contributed by atoms with E-state index in [-0.39, 0.29) is 5.91 Å². The van der Waals surface area contributed by atoms with Crippen molar-refractivity contribution in [3.05, 3.63) is 67.0 Å². The highest BCUT2D eigenvalue weighted by atomic mass is 32.2. The van der Waals surface area contributed by atoms with Crippen molar-refractivity contribution in [2.75, 3.05) is 5.32 Å².